The smallest absolute Gasteiger partial charge is 0.322 e. The summed E-state index contributed by atoms with van der Waals surface area (Å²) in [5.74, 6) is -0.652. The van der Waals surface area contributed by atoms with Crippen molar-refractivity contribution in [1.29, 1.82) is 0 Å². The van der Waals surface area contributed by atoms with E-state index in [2.05, 4.69) is 17.0 Å². The molecule has 7 nitrogen and oxygen atoms in total. The number of amidine groups is 1. The van der Waals surface area contributed by atoms with Crippen LogP contribution in [0.4, 0.5) is 10.1 Å². The Hall–Kier alpha value is -2.97. The molecule has 188 valence electrons. The molecule has 3 heterocycles. The van der Waals surface area contributed by atoms with Gasteiger partial charge in [0.05, 0.1) is 6.04 Å². The average Bonchev–Trinajstić information content (AvgIpc) is 3.10. The highest BCUT2D eigenvalue weighted by Crippen LogP contribution is 2.57. The maximum atomic E-state index is 14.1. The van der Waals surface area contributed by atoms with Gasteiger partial charge in [-0.1, -0.05) is 60.5 Å². The fourth-order valence-corrected chi connectivity index (χ4v) is 6.57. The van der Waals surface area contributed by atoms with Crippen LogP contribution >= 0.6 is 23.2 Å². The number of fused-ring (bicyclic) bond motifs is 3. The van der Waals surface area contributed by atoms with Crippen molar-refractivity contribution < 1.29 is 18.8 Å². The highest BCUT2D eigenvalue weighted by atomic mass is 35.5. The first-order chi connectivity index (χ1) is 17.2. The number of benzene rings is 1. The molecule has 0 aromatic heterocycles. The van der Waals surface area contributed by atoms with Crippen molar-refractivity contribution in [1.82, 2.24) is 9.91 Å². The minimum absolute atomic E-state index is 0.124. The van der Waals surface area contributed by atoms with Gasteiger partial charge in [-0.15, -0.1) is 0 Å². The Morgan fingerprint density at radius 2 is 2.08 bits per heavy atom. The summed E-state index contributed by atoms with van der Waals surface area (Å²) in [5, 5.41) is 9.49. The van der Waals surface area contributed by atoms with Gasteiger partial charge in [-0.05, 0) is 48.4 Å². The topological polar surface area (TPSA) is 82.1 Å². The van der Waals surface area contributed by atoms with Crippen molar-refractivity contribution in [2.45, 2.75) is 37.6 Å². The van der Waals surface area contributed by atoms with E-state index in [1.54, 1.807) is 17.0 Å². The van der Waals surface area contributed by atoms with Crippen molar-refractivity contribution in [3.05, 3.63) is 64.2 Å². The highest BCUT2D eigenvalue weighted by molar-refractivity contribution is 6.31. The number of anilines is 1. The van der Waals surface area contributed by atoms with E-state index >= 15 is 0 Å². The van der Waals surface area contributed by atoms with Crippen molar-refractivity contribution in [3.63, 3.8) is 0 Å². The molecule has 1 N–H and O–H groups in total. The van der Waals surface area contributed by atoms with Crippen LogP contribution in [-0.4, -0.2) is 52.7 Å². The van der Waals surface area contributed by atoms with Crippen molar-refractivity contribution >= 4 is 52.6 Å². The van der Waals surface area contributed by atoms with Crippen LogP contribution in [-0.2, 0) is 19.8 Å². The van der Waals surface area contributed by atoms with Gasteiger partial charge in [-0.2, -0.15) is 9.49 Å². The molecule has 1 fully saturated rings. The van der Waals surface area contributed by atoms with E-state index in [4.69, 9.17) is 23.2 Å². The molecule has 1 saturated heterocycles. The molecule has 4 aliphatic rings. The van der Waals surface area contributed by atoms with Crippen LogP contribution in [0.1, 0.15) is 31.7 Å². The summed E-state index contributed by atoms with van der Waals surface area (Å²) in [6.45, 7) is 5.38. The van der Waals surface area contributed by atoms with Crippen LogP contribution in [0.2, 0.25) is 5.02 Å². The maximum Gasteiger partial charge on any atom is 0.322 e. The molecular formula is C26H25Cl2FN4O3. The van der Waals surface area contributed by atoms with E-state index in [9.17, 15) is 18.8 Å². The second-order valence-electron chi connectivity index (χ2n) is 9.56. The lowest BCUT2D eigenvalue weighted by molar-refractivity contribution is -0.142. The number of hydrogen-bond acceptors (Lipinski definition) is 5. The van der Waals surface area contributed by atoms with Crippen LogP contribution in [0, 0.1) is 11.8 Å². The number of nitrogens with one attached hydrogen (secondary N) is 1. The van der Waals surface area contributed by atoms with E-state index in [1.165, 1.54) is 0 Å². The van der Waals surface area contributed by atoms with Crippen LogP contribution in [0.25, 0.3) is 0 Å². The van der Waals surface area contributed by atoms with Gasteiger partial charge in [0.25, 0.3) is 5.91 Å². The maximum absolute atomic E-state index is 14.1. The molecule has 0 bridgehead atoms. The average molecular weight is 531 g/mol. The predicted molar refractivity (Wildman–Crippen MR) is 136 cm³/mol. The van der Waals surface area contributed by atoms with Crippen LogP contribution in [0.3, 0.4) is 0 Å². The lowest BCUT2D eigenvalue weighted by Gasteiger charge is -2.56. The molecule has 10 heteroatoms. The van der Waals surface area contributed by atoms with Crippen LogP contribution in [0.5, 0.6) is 0 Å². The number of nitrogens with zero attached hydrogens (tertiary/aromatic N) is 3. The molecule has 3 aliphatic heterocycles. The van der Waals surface area contributed by atoms with E-state index in [0.717, 1.165) is 16.1 Å². The normalized spacial score (nSPS) is 28.9. The first-order valence-electron chi connectivity index (χ1n) is 11.8. The Balaban J connectivity index is 1.74. The number of halogens is 3. The van der Waals surface area contributed by atoms with E-state index in [-0.39, 0.29) is 24.3 Å². The number of hydrazone groups is 1. The number of piperidine rings is 1. The van der Waals surface area contributed by atoms with Gasteiger partial charge >= 0.3 is 6.04 Å². The van der Waals surface area contributed by atoms with Crippen molar-refractivity contribution in [3.8, 4) is 0 Å². The summed E-state index contributed by atoms with van der Waals surface area (Å²) < 4.78 is 13.2. The number of amides is 2. The van der Waals surface area contributed by atoms with Gasteiger partial charge in [0, 0.05) is 22.2 Å². The molecule has 1 unspecified atom stereocenters. The monoisotopic (exact) mass is 530 g/mol. The summed E-state index contributed by atoms with van der Waals surface area (Å²) in [4.78, 5) is 40.0. The minimum atomic E-state index is -1.65. The third kappa shape index (κ3) is 3.78. The number of rotatable bonds is 5. The second kappa shape index (κ2) is 9.16. The Bertz CT molecular complexity index is 1280. The summed E-state index contributed by atoms with van der Waals surface area (Å²) in [7, 11) is 0. The molecule has 2 amide bonds. The van der Waals surface area contributed by atoms with Gasteiger partial charge in [0.15, 0.2) is 0 Å². The Labute approximate surface area is 218 Å². The number of carbonyl (C=O) groups excluding carboxylic acids is 3. The molecule has 5 rings (SSSR count). The lowest BCUT2D eigenvalue weighted by atomic mass is 9.56. The van der Waals surface area contributed by atoms with Gasteiger partial charge in [0.1, 0.15) is 24.3 Å². The largest absolute Gasteiger partial charge is 0.341 e. The molecule has 1 aromatic rings. The highest BCUT2D eigenvalue weighted by Gasteiger charge is 2.64. The van der Waals surface area contributed by atoms with Crippen LogP contribution in [0.15, 0.2) is 58.7 Å². The summed E-state index contributed by atoms with van der Waals surface area (Å²) >= 11 is 12.7. The second-order valence-corrected chi connectivity index (χ2v) is 10.5. The first-order valence-corrected chi connectivity index (χ1v) is 12.6. The zero-order chi connectivity index (χ0) is 25.8. The predicted octanol–water partition coefficient (Wildman–Crippen LogP) is 4.54. The summed E-state index contributed by atoms with van der Waals surface area (Å²) in [6.07, 6.45) is 7.16. The standard InChI is InChI=1S/C26H25Cl2FN4O3/c1-3-14(2)24-26(18-8-7-17(28)10-20(18)30-25(26)36)19(15-5-4-6-16(27)9-15)11-22-31-33(12-21(29)34)23(35)13-32(22)24/h4-8,10,15,19,24H,2-3,9,11-13H2,1H3,(H,30,36)/t15?,19-,24+,26-/m0/s1. The zero-order valence-corrected chi connectivity index (χ0v) is 21.2. The third-order valence-electron chi connectivity index (χ3n) is 7.64. The molecule has 0 radical (unpaired) electrons. The molecule has 36 heavy (non-hydrogen) atoms. The van der Waals surface area contributed by atoms with E-state index in [1.807, 2.05) is 31.2 Å². The first kappa shape index (κ1) is 24.7. The van der Waals surface area contributed by atoms with Crippen molar-refractivity contribution in [2.24, 2.45) is 16.9 Å². The molecule has 0 saturated carbocycles. The molecule has 1 spiro atoms. The van der Waals surface area contributed by atoms with Crippen LogP contribution < -0.4 is 5.32 Å². The van der Waals surface area contributed by atoms with Gasteiger partial charge in [0.2, 0.25) is 5.91 Å². The molecular weight excluding hydrogens is 506 g/mol. The number of allylic oxidation sites excluding steroid dienone is 4. The van der Waals surface area contributed by atoms with Gasteiger partial charge in [-0.25, -0.2) is 5.01 Å². The Morgan fingerprint density at radius 3 is 2.78 bits per heavy atom. The summed E-state index contributed by atoms with van der Waals surface area (Å²) in [6, 6.07) is 3.11. The minimum Gasteiger partial charge on any atom is -0.341 e. The molecule has 1 aromatic carbocycles. The SMILES string of the molecule is C=C(CC)[C@H]1N2CC(=O)N(CC(=O)F)N=C2C[C@@H](C2C=CC=C(Cl)C2)[C@]12C(=O)Nc1cc(Cl)ccc12. The fourth-order valence-electron chi connectivity index (χ4n) is 6.15. The molecule has 4 atom stereocenters. The molecule has 1 aliphatic carbocycles. The lowest BCUT2D eigenvalue weighted by Crippen LogP contribution is -2.68. The Kier molecular flexibility index (Phi) is 6.29. The zero-order valence-electron chi connectivity index (χ0n) is 19.6. The Morgan fingerprint density at radius 1 is 1.31 bits per heavy atom. The van der Waals surface area contributed by atoms with E-state index < -0.39 is 29.9 Å². The fraction of sp³-hybridized carbons (Fsp3) is 0.385. The van der Waals surface area contributed by atoms with Gasteiger partial charge < -0.3 is 10.2 Å². The third-order valence-corrected chi connectivity index (χ3v) is 8.16. The van der Waals surface area contributed by atoms with Crippen molar-refractivity contribution in [2.75, 3.05) is 18.4 Å². The number of carbonyl (C=O) groups is 3. The van der Waals surface area contributed by atoms with Gasteiger partial charge in [-0.3, -0.25) is 14.4 Å². The quantitative estimate of drug-likeness (QED) is 0.447. The number of hydrogen-bond donors (Lipinski definition) is 1. The van der Waals surface area contributed by atoms with E-state index in [0.29, 0.717) is 40.8 Å². The summed E-state index contributed by atoms with van der Waals surface area (Å²) in [5.41, 5.74) is 1.07.